The van der Waals surface area contributed by atoms with Gasteiger partial charge in [0.2, 0.25) is 5.91 Å². The fourth-order valence-corrected chi connectivity index (χ4v) is 3.40. The molecule has 1 amide bonds. The molecule has 26 heavy (non-hydrogen) atoms. The molecule has 0 spiro atoms. The van der Waals surface area contributed by atoms with Gasteiger partial charge in [0.15, 0.2) is 0 Å². The molecule has 0 bridgehead atoms. The SMILES string of the molecule is CC1CN(CC(=O)Nc2cccc3ccccc23)c2ccc(N)cc2O1. The third-order valence-corrected chi connectivity index (χ3v) is 4.53. The summed E-state index contributed by atoms with van der Waals surface area (Å²) in [5.74, 6) is 0.667. The summed E-state index contributed by atoms with van der Waals surface area (Å²) in [6.07, 6.45) is -0.00495. The first kappa shape index (κ1) is 16.3. The Hall–Kier alpha value is -3.21. The number of anilines is 3. The lowest BCUT2D eigenvalue weighted by Gasteiger charge is -2.34. The molecule has 3 N–H and O–H groups in total. The first-order valence-corrected chi connectivity index (χ1v) is 8.69. The number of carbonyl (C=O) groups is 1. The Morgan fingerprint density at radius 1 is 1.19 bits per heavy atom. The number of nitrogens with zero attached hydrogens (tertiary/aromatic N) is 1. The van der Waals surface area contributed by atoms with Gasteiger partial charge in [-0.05, 0) is 30.5 Å². The molecule has 1 aliphatic rings. The lowest BCUT2D eigenvalue weighted by molar-refractivity contribution is -0.115. The summed E-state index contributed by atoms with van der Waals surface area (Å²) in [4.78, 5) is 14.7. The zero-order chi connectivity index (χ0) is 18.1. The van der Waals surface area contributed by atoms with Gasteiger partial charge in [0.05, 0.1) is 18.8 Å². The van der Waals surface area contributed by atoms with Gasteiger partial charge in [-0.25, -0.2) is 0 Å². The second kappa shape index (κ2) is 6.59. The molecule has 0 saturated heterocycles. The summed E-state index contributed by atoms with van der Waals surface area (Å²) >= 11 is 0. The van der Waals surface area contributed by atoms with Gasteiger partial charge in [-0.2, -0.15) is 0 Å². The highest BCUT2D eigenvalue weighted by atomic mass is 16.5. The lowest BCUT2D eigenvalue weighted by atomic mass is 10.1. The van der Waals surface area contributed by atoms with E-state index in [1.165, 1.54) is 0 Å². The van der Waals surface area contributed by atoms with Crippen molar-refractivity contribution >= 4 is 33.7 Å². The highest BCUT2D eigenvalue weighted by Crippen LogP contribution is 2.35. The van der Waals surface area contributed by atoms with E-state index in [1.807, 2.05) is 66.4 Å². The second-order valence-corrected chi connectivity index (χ2v) is 6.61. The molecular weight excluding hydrogens is 326 g/mol. The van der Waals surface area contributed by atoms with Crippen molar-refractivity contribution in [3.05, 3.63) is 60.7 Å². The van der Waals surface area contributed by atoms with E-state index >= 15 is 0 Å². The van der Waals surface area contributed by atoms with Gasteiger partial charge in [-0.1, -0.05) is 36.4 Å². The predicted octanol–water partition coefficient (Wildman–Crippen LogP) is 3.65. The molecule has 1 heterocycles. The minimum absolute atomic E-state index is 0.00495. The maximum atomic E-state index is 12.7. The van der Waals surface area contributed by atoms with Gasteiger partial charge >= 0.3 is 0 Å². The lowest BCUT2D eigenvalue weighted by Crippen LogP contribution is -2.42. The monoisotopic (exact) mass is 347 g/mol. The van der Waals surface area contributed by atoms with Crippen LogP contribution in [0.15, 0.2) is 60.7 Å². The average Bonchev–Trinajstić information content (AvgIpc) is 2.61. The molecule has 5 nitrogen and oxygen atoms in total. The number of ether oxygens (including phenoxy) is 1. The first-order chi connectivity index (χ1) is 12.6. The van der Waals surface area contributed by atoms with Crippen molar-refractivity contribution in [3.63, 3.8) is 0 Å². The third kappa shape index (κ3) is 3.16. The molecule has 0 aliphatic carbocycles. The summed E-state index contributed by atoms with van der Waals surface area (Å²) in [7, 11) is 0. The van der Waals surface area contributed by atoms with E-state index in [1.54, 1.807) is 6.07 Å². The van der Waals surface area contributed by atoms with E-state index in [-0.39, 0.29) is 18.6 Å². The molecule has 0 radical (unpaired) electrons. The van der Waals surface area contributed by atoms with Crippen molar-refractivity contribution in [1.82, 2.24) is 0 Å². The molecule has 0 fully saturated rings. The molecule has 1 atom stereocenters. The van der Waals surface area contributed by atoms with Crippen LogP contribution in [0.25, 0.3) is 10.8 Å². The van der Waals surface area contributed by atoms with Crippen LogP contribution in [0.5, 0.6) is 5.75 Å². The molecule has 3 aromatic carbocycles. The highest BCUT2D eigenvalue weighted by molar-refractivity contribution is 6.03. The summed E-state index contributed by atoms with van der Waals surface area (Å²) in [5, 5.41) is 5.18. The molecule has 1 unspecified atom stereocenters. The van der Waals surface area contributed by atoms with E-state index in [4.69, 9.17) is 10.5 Å². The molecule has 3 aromatic rings. The second-order valence-electron chi connectivity index (χ2n) is 6.61. The normalized spacial score (nSPS) is 16.0. The fourth-order valence-electron chi connectivity index (χ4n) is 3.40. The number of nitrogens with two attached hydrogens (primary N) is 1. The van der Waals surface area contributed by atoms with Crippen molar-refractivity contribution in [2.75, 3.05) is 29.0 Å². The highest BCUT2D eigenvalue weighted by Gasteiger charge is 2.24. The fraction of sp³-hybridized carbons (Fsp3) is 0.190. The maximum Gasteiger partial charge on any atom is 0.243 e. The average molecular weight is 347 g/mol. The topological polar surface area (TPSA) is 67.6 Å². The Balaban J connectivity index is 1.55. The Labute approximate surface area is 152 Å². The van der Waals surface area contributed by atoms with Crippen LogP contribution in [0.2, 0.25) is 0 Å². The molecule has 5 heteroatoms. The van der Waals surface area contributed by atoms with Gasteiger partial charge in [-0.15, -0.1) is 0 Å². The number of amides is 1. The largest absolute Gasteiger partial charge is 0.487 e. The Morgan fingerprint density at radius 2 is 2.00 bits per heavy atom. The Kier molecular flexibility index (Phi) is 4.13. The zero-order valence-corrected chi connectivity index (χ0v) is 14.6. The van der Waals surface area contributed by atoms with Crippen molar-refractivity contribution in [2.45, 2.75) is 13.0 Å². The molecule has 1 aliphatic heterocycles. The van der Waals surface area contributed by atoms with Gasteiger partial charge in [0.25, 0.3) is 0 Å². The van der Waals surface area contributed by atoms with E-state index in [0.29, 0.717) is 12.2 Å². The van der Waals surface area contributed by atoms with Crippen LogP contribution in [0, 0.1) is 0 Å². The van der Waals surface area contributed by atoms with E-state index in [2.05, 4.69) is 5.32 Å². The van der Waals surface area contributed by atoms with Crippen LogP contribution in [-0.2, 0) is 4.79 Å². The number of rotatable bonds is 3. The number of fused-ring (bicyclic) bond motifs is 2. The van der Waals surface area contributed by atoms with Gasteiger partial charge in [0.1, 0.15) is 11.9 Å². The number of benzene rings is 3. The van der Waals surface area contributed by atoms with Crippen molar-refractivity contribution < 1.29 is 9.53 Å². The Bertz CT molecular complexity index is 965. The van der Waals surface area contributed by atoms with Crippen molar-refractivity contribution in [2.24, 2.45) is 0 Å². The van der Waals surface area contributed by atoms with Crippen LogP contribution >= 0.6 is 0 Å². The van der Waals surface area contributed by atoms with Crippen molar-refractivity contribution in [1.29, 1.82) is 0 Å². The standard InChI is InChI=1S/C21H21N3O2/c1-14-12-24(19-10-9-16(22)11-20(19)26-14)13-21(25)23-18-8-4-6-15-5-2-3-7-17(15)18/h2-11,14H,12-13,22H2,1H3,(H,23,25). The number of nitrogen functional groups attached to an aromatic ring is 1. The minimum atomic E-state index is -0.0572. The molecule has 4 rings (SSSR count). The predicted molar refractivity (Wildman–Crippen MR) is 106 cm³/mol. The quantitative estimate of drug-likeness (QED) is 0.710. The number of hydrogen-bond acceptors (Lipinski definition) is 4. The number of nitrogens with one attached hydrogen (secondary N) is 1. The smallest absolute Gasteiger partial charge is 0.243 e. The van der Waals surface area contributed by atoms with E-state index in [9.17, 15) is 4.79 Å². The minimum Gasteiger partial charge on any atom is -0.487 e. The number of hydrogen-bond donors (Lipinski definition) is 2. The number of carbonyl (C=O) groups excluding carboxylic acids is 1. The molecule has 0 saturated carbocycles. The first-order valence-electron chi connectivity index (χ1n) is 8.69. The summed E-state index contributed by atoms with van der Waals surface area (Å²) in [5.41, 5.74) is 8.22. The van der Waals surface area contributed by atoms with Gasteiger partial charge in [-0.3, -0.25) is 4.79 Å². The molecular formula is C21H21N3O2. The summed E-state index contributed by atoms with van der Waals surface area (Å²) in [6, 6.07) is 19.5. The van der Waals surface area contributed by atoms with Crippen LogP contribution < -0.4 is 20.7 Å². The van der Waals surface area contributed by atoms with E-state index in [0.717, 1.165) is 27.9 Å². The molecule has 0 aromatic heterocycles. The third-order valence-electron chi connectivity index (χ3n) is 4.53. The maximum absolute atomic E-state index is 12.7. The zero-order valence-electron chi connectivity index (χ0n) is 14.6. The van der Waals surface area contributed by atoms with Crippen LogP contribution in [0.3, 0.4) is 0 Å². The summed E-state index contributed by atoms with van der Waals surface area (Å²) in [6.45, 7) is 2.90. The Morgan fingerprint density at radius 3 is 2.88 bits per heavy atom. The van der Waals surface area contributed by atoms with Crippen LogP contribution in [0.4, 0.5) is 17.1 Å². The molecule has 132 valence electrons. The van der Waals surface area contributed by atoms with E-state index < -0.39 is 0 Å². The van der Waals surface area contributed by atoms with Gasteiger partial charge < -0.3 is 20.7 Å². The van der Waals surface area contributed by atoms with Crippen molar-refractivity contribution in [3.8, 4) is 5.75 Å². The van der Waals surface area contributed by atoms with Crippen LogP contribution in [0.1, 0.15) is 6.92 Å². The van der Waals surface area contributed by atoms with Gasteiger partial charge in [0, 0.05) is 22.8 Å². The van der Waals surface area contributed by atoms with Crippen LogP contribution in [-0.4, -0.2) is 25.1 Å². The summed E-state index contributed by atoms with van der Waals surface area (Å²) < 4.78 is 5.85.